The Balaban J connectivity index is 2.44. The maximum Gasteiger partial charge on any atom is 0.252 e. The summed E-state index contributed by atoms with van der Waals surface area (Å²) in [5, 5.41) is 16.6. The third kappa shape index (κ3) is 2.58. The SMILES string of the molecule is Cc1cc(C(=O)NCCCO)c2c(C)nn(C)c2n1. The summed E-state index contributed by atoms with van der Waals surface area (Å²) >= 11 is 0. The average molecular weight is 262 g/mol. The van der Waals surface area contributed by atoms with Crippen molar-refractivity contribution in [1.82, 2.24) is 20.1 Å². The monoisotopic (exact) mass is 262 g/mol. The second-order valence-electron chi connectivity index (χ2n) is 4.55. The number of rotatable bonds is 4. The van der Waals surface area contributed by atoms with E-state index in [1.807, 2.05) is 20.9 Å². The molecule has 0 saturated carbocycles. The van der Waals surface area contributed by atoms with E-state index >= 15 is 0 Å². The molecule has 0 aromatic carbocycles. The summed E-state index contributed by atoms with van der Waals surface area (Å²) in [6, 6.07) is 1.77. The van der Waals surface area contributed by atoms with E-state index in [0.29, 0.717) is 24.2 Å². The predicted molar refractivity (Wildman–Crippen MR) is 72.0 cm³/mol. The summed E-state index contributed by atoms with van der Waals surface area (Å²) in [7, 11) is 1.81. The molecule has 0 aliphatic heterocycles. The molecular weight excluding hydrogens is 244 g/mol. The minimum absolute atomic E-state index is 0.0665. The smallest absolute Gasteiger partial charge is 0.252 e. The van der Waals surface area contributed by atoms with Crippen molar-refractivity contribution in [3.8, 4) is 0 Å². The highest BCUT2D eigenvalue weighted by atomic mass is 16.3. The Morgan fingerprint density at radius 3 is 2.89 bits per heavy atom. The molecule has 0 spiro atoms. The number of amides is 1. The van der Waals surface area contributed by atoms with Gasteiger partial charge in [0.1, 0.15) is 0 Å². The standard InChI is InChI=1S/C13H18N4O2/c1-8-7-10(13(19)14-5-4-6-18)11-9(2)16-17(3)12(11)15-8/h7,18H,4-6H2,1-3H3,(H,14,19). The van der Waals surface area contributed by atoms with Crippen LogP contribution in [0, 0.1) is 13.8 Å². The minimum Gasteiger partial charge on any atom is -0.396 e. The van der Waals surface area contributed by atoms with Gasteiger partial charge in [-0.3, -0.25) is 9.48 Å². The van der Waals surface area contributed by atoms with Crippen molar-refractivity contribution >= 4 is 16.9 Å². The zero-order chi connectivity index (χ0) is 14.0. The molecule has 2 aromatic rings. The quantitative estimate of drug-likeness (QED) is 0.795. The van der Waals surface area contributed by atoms with E-state index in [1.165, 1.54) is 0 Å². The summed E-state index contributed by atoms with van der Waals surface area (Å²) in [5.41, 5.74) is 2.87. The second-order valence-corrected chi connectivity index (χ2v) is 4.55. The average Bonchev–Trinajstić information content (AvgIpc) is 2.64. The third-order valence-corrected chi connectivity index (χ3v) is 2.96. The van der Waals surface area contributed by atoms with Gasteiger partial charge in [0, 0.05) is 25.9 Å². The molecule has 1 amide bonds. The van der Waals surface area contributed by atoms with Crippen LogP contribution in [0.4, 0.5) is 0 Å². The maximum absolute atomic E-state index is 12.2. The second kappa shape index (κ2) is 5.36. The van der Waals surface area contributed by atoms with Gasteiger partial charge in [-0.15, -0.1) is 0 Å². The molecule has 2 N–H and O–H groups in total. The van der Waals surface area contributed by atoms with Crippen molar-refractivity contribution < 1.29 is 9.90 Å². The van der Waals surface area contributed by atoms with E-state index in [4.69, 9.17) is 5.11 Å². The van der Waals surface area contributed by atoms with E-state index in [0.717, 1.165) is 16.8 Å². The number of hydrogen-bond donors (Lipinski definition) is 2. The van der Waals surface area contributed by atoms with Crippen molar-refractivity contribution in [2.24, 2.45) is 7.05 Å². The lowest BCUT2D eigenvalue weighted by Crippen LogP contribution is -2.25. The lowest BCUT2D eigenvalue weighted by atomic mass is 10.1. The van der Waals surface area contributed by atoms with Crippen LogP contribution < -0.4 is 5.32 Å². The first-order chi connectivity index (χ1) is 9.04. The third-order valence-electron chi connectivity index (χ3n) is 2.96. The molecule has 6 heteroatoms. The van der Waals surface area contributed by atoms with Crippen LogP contribution in [0.25, 0.3) is 11.0 Å². The molecule has 2 rings (SSSR count). The number of carbonyl (C=O) groups is 1. The Labute approximate surface area is 111 Å². The fourth-order valence-corrected chi connectivity index (χ4v) is 2.13. The summed E-state index contributed by atoms with van der Waals surface area (Å²) in [6.07, 6.45) is 0.547. The highest BCUT2D eigenvalue weighted by molar-refractivity contribution is 6.06. The number of fused-ring (bicyclic) bond motifs is 1. The summed E-state index contributed by atoms with van der Waals surface area (Å²) in [5.74, 6) is -0.153. The molecule has 0 unspecified atom stereocenters. The van der Waals surface area contributed by atoms with Gasteiger partial charge in [-0.25, -0.2) is 4.98 Å². The minimum atomic E-state index is -0.153. The number of aliphatic hydroxyl groups excluding tert-OH is 1. The normalized spacial score (nSPS) is 10.9. The van der Waals surface area contributed by atoms with E-state index in [1.54, 1.807) is 10.7 Å². The molecule has 0 atom stereocenters. The molecule has 6 nitrogen and oxygen atoms in total. The number of aliphatic hydroxyl groups is 1. The molecule has 0 fully saturated rings. The molecule has 0 bridgehead atoms. The number of aromatic nitrogens is 3. The van der Waals surface area contributed by atoms with Crippen LogP contribution in [0.1, 0.15) is 28.2 Å². The van der Waals surface area contributed by atoms with Crippen molar-refractivity contribution in [3.05, 3.63) is 23.0 Å². The lowest BCUT2D eigenvalue weighted by molar-refractivity contribution is 0.0952. The highest BCUT2D eigenvalue weighted by Crippen LogP contribution is 2.21. The van der Waals surface area contributed by atoms with Gasteiger partial charge >= 0.3 is 0 Å². The van der Waals surface area contributed by atoms with Crippen molar-refractivity contribution in [3.63, 3.8) is 0 Å². The van der Waals surface area contributed by atoms with Crippen molar-refractivity contribution in [2.75, 3.05) is 13.2 Å². The van der Waals surface area contributed by atoms with Crippen LogP contribution in [0.3, 0.4) is 0 Å². The number of nitrogens with zero attached hydrogens (tertiary/aromatic N) is 3. The van der Waals surface area contributed by atoms with Crippen LogP contribution in [-0.4, -0.2) is 38.9 Å². The Bertz CT molecular complexity index is 619. The van der Waals surface area contributed by atoms with Gasteiger partial charge in [-0.05, 0) is 26.3 Å². The van der Waals surface area contributed by atoms with Gasteiger partial charge in [-0.2, -0.15) is 5.10 Å². The van der Waals surface area contributed by atoms with Gasteiger partial charge in [-0.1, -0.05) is 0 Å². The van der Waals surface area contributed by atoms with Crippen molar-refractivity contribution in [1.29, 1.82) is 0 Å². The molecule has 19 heavy (non-hydrogen) atoms. The summed E-state index contributed by atoms with van der Waals surface area (Å²) < 4.78 is 1.68. The molecule has 2 heterocycles. The van der Waals surface area contributed by atoms with Gasteiger partial charge < -0.3 is 10.4 Å². The Kier molecular flexibility index (Phi) is 3.80. The molecule has 0 radical (unpaired) electrons. The van der Waals surface area contributed by atoms with Crippen LogP contribution in [0.2, 0.25) is 0 Å². The first-order valence-corrected chi connectivity index (χ1v) is 6.24. The van der Waals surface area contributed by atoms with Gasteiger partial charge in [0.2, 0.25) is 0 Å². The van der Waals surface area contributed by atoms with E-state index in [2.05, 4.69) is 15.4 Å². The molecule has 0 aliphatic carbocycles. The van der Waals surface area contributed by atoms with Crippen LogP contribution >= 0.6 is 0 Å². The number of hydrogen-bond acceptors (Lipinski definition) is 4. The fourth-order valence-electron chi connectivity index (χ4n) is 2.13. The Morgan fingerprint density at radius 2 is 2.21 bits per heavy atom. The summed E-state index contributed by atoms with van der Waals surface area (Å²) in [4.78, 5) is 16.6. The molecule has 0 aliphatic rings. The fraction of sp³-hybridized carbons (Fsp3) is 0.462. The Morgan fingerprint density at radius 1 is 1.47 bits per heavy atom. The Hall–Kier alpha value is -1.95. The van der Waals surface area contributed by atoms with Crippen LogP contribution in [-0.2, 0) is 7.05 Å². The number of carbonyl (C=O) groups excluding carboxylic acids is 1. The first-order valence-electron chi connectivity index (χ1n) is 6.24. The number of nitrogens with one attached hydrogen (secondary N) is 1. The topological polar surface area (TPSA) is 80.0 Å². The zero-order valence-electron chi connectivity index (χ0n) is 11.4. The van der Waals surface area contributed by atoms with Gasteiger partial charge in [0.05, 0.1) is 16.6 Å². The molecule has 2 aromatic heterocycles. The summed E-state index contributed by atoms with van der Waals surface area (Å²) in [6.45, 7) is 4.24. The van der Waals surface area contributed by atoms with Crippen LogP contribution in [0.5, 0.6) is 0 Å². The predicted octanol–water partition coefficient (Wildman–Crippen LogP) is 0.697. The van der Waals surface area contributed by atoms with E-state index in [-0.39, 0.29) is 12.5 Å². The van der Waals surface area contributed by atoms with Gasteiger partial charge in [0.25, 0.3) is 5.91 Å². The van der Waals surface area contributed by atoms with E-state index < -0.39 is 0 Å². The highest BCUT2D eigenvalue weighted by Gasteiger charge is 2.17. The molecule has 102 valence electrons. The van der Waals surface area contributed by atoms with Crippen molar-refractivity contribution in [2.45, 2.75) is 20.3 Å². The maximum atomic E-state index is 12.2. The number of aryl methyl sites for hydroxylation is 3. The van der Waals surface area contributed by atoms with E-state index in [9.17, 15) is 4.79 Å². The molecular formula is C13H18N4O2. The lowest BCUT2D eigenvalue weighted by Gasteiger charge is -2.07. The van der Waals surface area contributed by atoms with Gasteiger partial charge in [0.15, 0.2) is 5.65 Å². The molecule has 0 saturated heterocycles. The van der Waals surface area contributed by atoms with Crippen LogP contribution in [0.15, 0.2) is 6.07 Å². The number of pyridine rings is 1. The zero-order valence-corrected chi connectivity index (χ0v) is 11.4. The first kappa shape index (κ1) is 13.5. The largest absolute Gasteiger partial charge is 0.396 e.